The Morgan fingerprint density at radius 3 is 2.62 bits per heavy atom. The summed E-state index contributed by atoms with van der Waals surface area (Å²) in [5, 5.41) is 2.79. The molecule has 0 aliphatic carbocycles. The number of nitrogens with two attached hydrogens (primary N) is 1. The number of urea groups is 1. The van der Waals surface area contributed by atoms with Gasteiger partial charge >= 0.3 is 6.03 Å². The molecule has 0 saturated heterocycles. The molecule has 0 atom stereocenters. The van der Waals surface area contributed by atoms with Gasteiger partial charge in [-0.3, -0.25) is 4.79 Å². The van der Waals surface area contributed by atoms with Crippen molar-refractivity contribution in [3.63, 3.8) is 0 Å². The number of halogens is 1. The van der Waals surface area contributed by atoms with E-state index in [1.165, 1.54) is 24.1 Å². The molecule has 2 aromatic rings. The predicted octanol–water partition coefficient (Wildman–Crippen LogP) is 2.32. The number of nitrogens with one attached hydrogen (secondary N) is 1. The molecule has 0 aliphatic heterocycles. The summed E-state index contributed by atoms with van der Waals surface area (Å²) in [6, 6.07) is 11.3. The fourth-order valence-corrected chi connectivity index (χ4v) is 2.48. The van der Waals surface area contributed by atoms with Gasteiger partial charge in [-0.05, 0) is 41.8 Å². The zero-order valence-corrected chi connectivity index (χ0v) is 14.8. The molecule has 138 valence electrons. The summed E-state index contributed by atoms with van der Waals surface area (Å²) < 4.78 is 18.6. The summed E-state index contributed by atoms with van der Waals surface area (Å²) in [7, 11) is 3.03. The first-order valence-corrected chi connectivity index (χ1v) is 8.11. The van der Waals surface area contributed by atoms with E-state index >= 15 is 0 Å². The average Bonchev–Trinajstić information content (AvgIpc) is 2.62. The van der Waals surface area contributed by atoms with E-state index in [2.05, 4.69) is 5.32 Å². The van der Waals surface area contributed by atoms with E-state index in [0.717, 1.165) is 5.56 Å². The molecular weight excluding hydrogens is 337 g/mol. The third-order valence-electron chi connectivity index (χ3n) is 3.88. The van der Waals surface area contributed by atoms with E-state index in [1.807, 2.05) is 6.07 Å². The number of carbonyl (C=O) groups excluding carboxylic acids is 2. The van der Waals surface area contributed by atoms with Crippen LogP contribution in [0.3, 0.4) is 0 Å². The molecule has 0 aliphatic rings. The predicted molar refractivity (Wildman–Crippen MR) is 96.5 cm³/mol. The van der Waals surface area contributed by atoms with Crippen LogP contribution < -0.4 is 15.8 Å². The lowest BCUT2D eigenvalue weighted by molar-refractivity contribution is 0.1000. The number of nitrogens with zero attached hydrogens (tertiary/aromatic N) is 1. The molecule has 0 bridgehead atoms. The highest BCUT2D eigenvalue weighted by atomic mass is 19.1. The first-order valence-electron chi connectivity index (χ1n) is 8.11. The highest BCUT2D eigenvalue weighted by molar-refractivity contribution is 5.92. The van der Waals surface area contributed by atoms with Crippen molar-refractivity contribution in [1.29, 1.82) is 0 Å². The molecule has 0 radical (unpaired) electrons. The molecule has 0 heterocycles. The normalized spacial score (nSPS) is 10.3. The van der Waals surface area contributed by atoms with Crippen molar-refractivity contribution in [3.05, 3.63) is 65.0 Å². The Morgan fingerprint density at radius 1 is 1.19 bits per heavy atom. The summed E-state index contributed by atoms with van der Waals surface area (Å²) in [4.78, 5) is 24.8. The van der Waals surface area contributed by atoms with Gasteiger partial charge in [-0.15, -0.1) is 0 Å². The van der Waals surface area contributed by atoms with Gasteiger partial charge in [0, 0.05) is 25.7 Å². The van der Waals surface area contributed by atoms with Gasteiger partial charge in [-0.1, -0.05) is 18.2 Å². The molecule has 0 spiro atoms. The Morgan fingerprint density at radius 2 is 1.96 bits per heavy atom. The van der Waals surface area contributed by atoms with Crippen molar-refractivity contribution >= 4 is 11.9 Å². The molecule has 6 nitrogen and oxygen atoms in total. The quantitative estimate of drug-likeness (QED) is 0.796. The van der Waals surface area contributed by atoms with Crippen LogP contribution in [-0.2, 0) is 13.0 Å². The molecule has 7 heteroatoms. The van der Waals surface area contributed by atoms with Gasteiger partial charge in [-0.25, -0.2) is 9.18 Å². The van der Waals surface area contributed by atoms with Gasteiger partial charge < -0.3 is 20.7 Å². The first-order chi connectivity index (χ1) is 12.4. The summed E-state index contributed by atoms with van der Waals surface area (Å²) in [5.74, 6) is -0.783. The average molecular weight is 359 g/mol. The third-order valence-corrected chi connectivity index (χ3v) is 3.88. The number of methoxy groups -OCH3 is 1. The smallest absolute Gasteiger partial charge is 0.317 e. The lowest BCUT2D eigenvalue weighted by Crippen LogP contribution is -2.37. The molecule has 3 N–H and O–H groups in total. The van der Waals surface area contributed by atoms with E-state index in [0.29, 0.717) is 24.1 Å². The standard InChI is InChI=1S/C19H22FN3O3/c1-23(12-14-6-7-17(26-2)16(20)11-14)19(25)22-9-8-13-4-3-5-15(10-13)18(21)24/h3-7,10-11H,8-9,12H2,1-2H3,(H2,21,24)(H,22,25). The Labute approximate surface area is 151 Å². The third kappa shape index (κ3) is 5.20. The fraction of sp³-hybridized carbons (Fsp3) is 0.263. The second-order valence-corrected chi connectivity index (χ2v) is 5.87. The van der Waals surface area contributed by atoms with Gasteiger partial charge in [0.25, 0.3) is 0 Å². The molecule has 3 amide bonds. The molecule has 0 unspecified atom stereocenters. The topological polar surface area (TPSA) is 84.7 Å². The van der Waals surface area contributed by atoms with Crippen LogP contribution in [0.5, 0.6) is 5.75 Å². The SMILES string of the molecule is COc1ccc(CN(C)C(=O)NCCc2cccc(C(N)=O)c2)cc1F. The van der Waals surface area contributed by atoms with Crippen molar-refractivity contribution in [2.75, 3.05) is 20.7 Å². The van der Waals surface area contributed by atoms with Crippen LogP contribution in [-0.4, -0.2) is 37.5 Å². The molecule has 0 aromatic heterocycles. The minimum atomic E-state index is -0.484. The number of primary amides is 1. The van der Waals surface area contributed by atoms with Crippen molar-refractivity contribution in [2.24, 2.45) is 5.73 Å². The second-order valence-electron chi connectivity index (χ2n) is 5.87. The van der Waals surface area contributed by atoms with E-state index in [4.69, 9.17) is 10.5 Å². The molecular formula is C19H22FN3O3. The van der Waals surface area contributed by atoms with Crippen LogP contribution in [0.1, 0.15) is 21.5 Å². The van der Waals surface area contributed by atoms with E-state index < -0.39 is 11.7 Å². The summed E-state index contributed by atoms with van der Waals surface area (Å²) in [6.45, 7) is 0.673. The lowest BCUT2D eigenvalue weighted by atomic mass is 10.1. The van der Waals surface area contributed by atoms with Crippen LogP contribution in [0.25, 0.3) is 0 Å². The fourth-order valence-electron chi connectivity index (χ4n) is 2.48. The van der Waals surface area contributed by atoms with Crippen LogP contribution in [0, 0.1) is 5.82 Å². The minimum Gasteiger partial charge on any atom is -0.494 e. The molecule has 26 heavy (non-hydrogen) atoms. The molecule has 0 saturated carbocycles. The monoisotopic (exact) mass is 359 g/mol. The number of hydrogen-bond acceptors (Lipinski definition) is 3. The Balaban J connectivity index is 1.84. The van der Waals surface area contributed by atoms with Crippen LogP contribution >= 0.6 is 0 Å². The lowest BCUT2D eigenvalue weighted by Gasteiger charge is -2.18. The van der Waals surface area contributed by atoms with E-state index in [1.54, 1.807) is 31.3 Å². The largest absolute Gasteiger partial charge is 0.494 e. The Hall–Kier alpha value is -3.09. The van der Waals surface area contributed by atoms with Crippen molar-refractivity contribution in [2.45, 2.75) is 13.0 Å². The maximum absolute atomic E-state index is 13.7. The Kier molecular flexibility index (Phi) is 6.54. The summed E-state index contributed by atoms with van der Waals surface area (Å²) in [5.41, 5.74) is 7.26. The van der Waals surface area contributed by atoms with Crippen molar-refractivity contribution < 1.29 is 18.7 Å². The van der Waals surface area contributed by atoms with Gasteiger partial charge in [0.15, 0.2) is 11.6 Å². The van der Waals surface area contributed by atoms with Crippen LogP contribution in [0.15, 0.2) is 42.5 Å². The van der Waals surface area contributed by atoms with Gasteiger partial charge in [0.05, 0.1) is 7.11 Å². The van der Waals surface area contributed by atoms with Crippen LogP contribution in [0.2, 0.25) is 0 Å². The highest BCUT2D eigenvalue weighted by Gasteiger charge is 2.11. The number of hydrogen-bond donors (Lipinski definition) is 2. The molecule has 0 fully saturated rings. The number of ether oxygens (including phenoxy) is 1. The number of amides is 3. The maximum Gasteiger partial charge on any atom is 0.317 e. The van der Waals surface area contributed by atoms with Crippen molar-refractivity contribution in [1.82, 2.24) is 10.2 Å². The Bertz CT molecular complexity index is 795. The molecule has 2 aromatic carbocycles. The van der Waals surface area contributed by atoms with E-state index in [9.17, 15) is 14.0 Å². The molecule has 2 rings (SSSR count). The zero-order chi connectivity index (χ0) is 19.1. The number of carbonyl (C=O) groups is 2. The second kappa shape index (κ2) is 8.84. The van der Waals surface area contributed by atoms with Crippen LogP contribution in [0.4, 0.5) is 9.18 Å². The number of benzene rings is 2. The minimum absolute atomic E-state index is 0.166. The number of rotatable bonds is 7. The van der Waals surface area contributed by atoms with Crippen molar-refractivity contribution in [3.8, 4) is 5.75 Å². The summed E-state index contributed by atoms with van der Waals surface area (Å²) >= 11 is 0. The van der Waals surface area contributed by atoms with Gasteiger partial charge in [0.2, 0.25) is 5.91 Å². The zero-order valence-electron chi connectivity index (χ0n) is 14.8. The van der Waals surface area contributed by atoms with E-state index in [-0.39, 0.29) is 18.3 Å². The maximum atomic E-state index is 13.7. The van der Waals surface area contributed by atoms with Gasteiger partial charge in [0.1, 0.15) is 0 Å². The van der Waals surface area contributed by atoms with Gasteiger partial charge in [-0.2, -0.15) is 0 Å². The first kappa shape index (κ1) is 19.2. The highest BCUT2D eigenvalue weighted by Crippen LogP contribution is 2.18. The summed E-state index contributed by atoms with van der Waals surface area (Å²) in [6.07, 6.45) is 0.567.